The minimum absolute atomic E-state index is 0.0635. The van der Waals surface area contributed by atoms with Crippen LogP contribution in [-0.2, 0) is 9.84 Å². The molecule has 0 fully saturated rings. The Labute approximate surface area is 180 Å². The van der Waals surface area contributed by atoms with Gasteiger partial charge in [0.15, 0.2) is 15.7 Å². The van der Waals surface area contributed by atoms with Crippen molar-refractivity contribution in [2.24, 2.45) is 0 Å². The van der Waals surface area contributed by atoms with Gasteiger partial charge in [0.2, 0.25) is 5.82 Å². The van der Waals surface area contributed by atoms with Gasteiger partial charge in [-0.1, -0.05) is 67.6 Å². The maximum Gasteiger partial charge on any atom is 0.295 e. The average molecular weight is 433 g/mol. The van der Waals surface area contributed by atoms with Crippen LogP contribution in [0.2, 0.25) is 0 Å². The molecule has 0 unspecified atom stereocenters. The van der Waals surface area contributed by atoms with Crippen LogP contribution in [0.4, 0.5) is 5.69 Å². The van der Waals surface area contributed by atoms with Crippen molar-refractivity contribution >= 4 is 21.4 Å². The molecule has 1 N–H and O–H groups in total. The summed E-state index contributed by atoms with van der Waals surface area (Å²) in [5.41, 5.74) is 1.75. The minimum Gasteiger partial charge on any atom is -0.318 e. The van der Waals surface area contributed by atoms with Gasteiger partial charge in [-0.15, -0.1) is 5.10 Å². The fourth-order valence-corrected chi connectivity index (χ4v) is 4.16. The van der Waals surface area contributed by atoms with E-state index in [2.05, 4.69) is 15.4 Å². The van der Waals surface area contributed by atoms with E-state index in [0.29, 0.717) is 5.82 Å². The summed E-state index contributed by atoms with van der Waals surface area (Å²) < 4.78 is 26.4. The Balaban J connectivity index is 1.75. The van der Waals surface area contributed by atoms with Crippen LogP contribution in [0.15, 0.2) is 89.8 Å². The summed E-state index contributed by atoms with van der Waals surface area (Å²) in [7, 11) is -3.51. The number of carbonyl (C=O) groups is 1. The Morgan fingerprint density at radius 1 is 0.903 bits per heavy atom. The number of hydrogen-bond acceptors (Lipinski definition) is 5. The molecule has 0 bridgehead atoms. The Hall–Kier alpha value is -3.78. The van der Waals surface area contributed by atoms with Crippen molar-refractivity contribution in [3.05, 3.63) is 90.8 Å². The van der Waals surface area contributed by atoms with Gasteiger partial charge in [-0.05, 0) is 24.3 Å². The first kappa shape index (κ1) is 20.5. The number of aromatic nitrogens is 3. The van der Waals surface area contributed by atoms with Gasteiger partial charge in [-0.3, -0.25) is 4.79 Å². The van der Waals surface area contributed by atoms with E-state index >= 15 is 0 Å². The van der Waals surface area contributed by atoms with Gasteiger partial charge < -0.3 is 5.32 Å². The van der Waals surface area contributed by atoms with Gasteiger partial charge >= 0.3 is 0 Å². The molecule has 0 aliphatic rings. The first-order chi connectivity index (χ1) is 15.0. The molecule has 31 heavy (non-hydrogen) atoms. The molecule has 7 nitrogen and oxygen atoms in total. The van der Waals surface area contributed by atoms with Gasteiger partial charge in [-0.25, -0.2) is 18.1 Å². The molecule has 0 saturated carbocycles. The third-order valence-electron chi connectivity index (χ3n) is 4.69. The quantitative estimate of drug-likeness (QED) is 0.497. The zero-order valence-corrected chi connectivity index (χ0v) is 17.6. The first-order valence-electron chi connectivity index (χ1n) is 9.70. The van der Waals surface area contributed by atoms with Crippen molar-refractivity contribution in [1.82, 2.24) is 14.8 Å². The Morgan fingerprint density at radius 3 is 2.19 bits per heavy atom. The Morgan fingerprint density at radius 2 is 1.52 bits per heavy atom. The van der Waals surface area contributed by atoms with Crippen molar-refractivity contribution < 1.29 is 13.2 Å². The second-order valence-electron chi connectivity index (χ2n) is 6.73. The zero-order valence-electron chi connectivity index (χ0n) is 16.8. The predicted octanol–water partition coefficient (Wildman–Crippen LogP) is 3.98. The summed E-state index contributed by atoms with van der Waals surface area (Å²) in [6.45, 7) is 1.56. The molecule has 0 spiro atoms. The summed E-state index contributed by atoms with van der Waals surface area (Å²) in [5.74, 6) is -0.220. The number of amides is 1. The van der Waals surface area contributed by atoms with Gasteiger partial charge in [-0.2, -0.15) is 0 Å². The van der Waals surface area contributed by atoms with Gasteiger partial charge in [0.05, 0.1) is 22.0 Å². The van der Waals surface area contributed by atoms with E-state index in [-0.39, 0.29) is 22.2 Å². The maximum atomic E-state index is 13.0. The highest BCUT2D eigenvalue weighted by Gasteiger charge is 2.22. The number of para-hydroxylation sites is 2. The second-order valence-corrected chi connectivity index (χ2v) is 8.97. The van der Waals surface area contributed by atoms with E-state index in [1.807, 2.05) is 60.7 Å². The number of sulfone groups is 1. The molecule has 1 heterocycles. The highest BCUT2D eigenvalue weighted by atomic mass is 32.2. The van der Waals surface area contributed by atoms with E-state index < -0.39 is 15.7 Å². The van der Waals surface area contributed by atoms with Gasteiger partial charge in [0.1, 0.15) is 0 Å². The molecule has 1 aromatic heterocycles. The van der Waals surface area contributed by atoms with Gasteiger partial charge in [0, 0.05) is 5.56 Å². The number of nitrogens with one attached hydrogen (secondary N) is 1. The predicted molar refractivity (Wildman–Crippen MR) is 119 cm³/mol. The zero-order chi connectivity index (χ0) is 21.8. The monoisotopic (exact) mass is 432 g/mol. The molecule has 1 amide bonds. The number of rotatable bonds is 6. The lowest BCUT2D eigenvalue weighted by atomic mass is 10.2. The molecule has 0 radical (unpaired) electrons. The number of carbonyl (C=O) groups excluding carboxylic acids is 1. The lowest BCUT2D eigenvalue weighted by molar-refractivity contribution is 0.101. The molecule has 8 heteroatoms. The van der Waals surface area contributed by atoms with Crippen molar-refractivity contribution in [3.63, 3.8) is 0 Å². The molecule has 3 aromatic carbocycles. The maximum absolute atomic E-state index is 13.0. The molecule has 0 aliphatic carbocycles. The van der Waals surface area contributed by atoms with Crippen LogP contribution in [0.1, 0.15) is 17.5 Å². The van der Waals surface area contributed by atoms with E-state index in [9.17, 15) is 13.2 Å². The van der Waals surface area contributed by atoms with Gasteiger partial charge in [0.25, 0.3) is 5.91 Å². The molecule has 0 atom stereocenters. The van der Waals surface area contributed by atoms with Crippen LogP contribution in [0.3, 0.4) is 0 Å². The van der Waals surface area contributed by atoms with Crippen molar-refractivity contribution in [3.8, 4) is 17.1 Å². The largest absolute Gasteiger partial charge is 0.318 e. The van der Waals surface area contributed by atoms with Crippen molar-refractivity contribution in [2.45, 2.75) is 11.8 Å². The topological polar surface area (TPSA) is 94.0 Å². The molecule has 4 rings (SSSR count). The van der Waals surface area contributed by atoms with E-state index in [4.69, 9.17) is 0 Å². The van der Waals surface area contributed by atoms with E-state index in [1.54, 1.807) is 29.8 Å². The average Bonchev–Trinajstić information content (AvgIpc) is 3.26. The summed E-state index contributed by atoms with van der Waals surface area (Å²) >= 11 is 0. The highest BCUT2D eigenvalue weighted by molar-refractivity contribution is 7.91. The highest BCUT2D eigenvalue weighted by Crippen LogP contribution is 2.24. The summed E-state index contributed by atoms with van der Waals surface area (Å²) in [4.78, 5) is 17.5. The SMILES string of the molecule is CCS(=O)(=O)c1ccccc1NC(=O)c1nc(-c2ccccc2)n(-c2ccccc2)n1. The van der Waals surface area contributed by atoms with Crippen molar-refractivity contribution in [1.29, 1.82) is 0 Å². The summed E-state index contributed by atoms with van der Waals surface area (Å²) in [6, 6.07) is 25.1. The molecule has 4 aromatic rings. The molecule has 0 aliphatic heterocycles. The molecular weight excluding hydrogens is 412 g/mol. The fourth-order valence-electron chi connectivity index (χ4n) is 3.11. The van der Waals surface area contributed by atoms with Crippen LogP contribution < -0.4 is 5.32 Å². The number of anilines is 1. The molecular formula is C23H20N4O3S. The molecule has 0 saturated heterocycles. The normalized spacial score (nSPS) is 11.3. The van der Waals surface area contributed by atoms with Crippen LogP contribution in [-0.4, -0.2) is 34.8 Å². The lowest BCUT2D eigenvalue weighted by Crippen LogP contribution is -2.17. The van der Waals surface area contributed by atoms with E-state index in [1.165, 1.54) is 6.07 Å². The smallest absolute Gasteiger partial charge is 0.295 e. The summed E-state index contributed by atoms with van der Waals surface area (Å²) in [6.07, 6.45) is 0. The number of nitrogens with zero attached hydrogens (tertiary/aromatic N) is 3. The second kappa shape index (κ2) is 8.53. The van der Waals surface area contributed by atoms with Crippen molar-refractivity contribution in [2.75, 3.05) is 11.1 Å². The van der Waals surface area contributed by atoms with Crippen LogP contribution in [0.25, 0.3) is 17.1 Å². The van der Waals surface area contributed by atoms with Crippen LogP contribution in [0, 0.1) is 0 Å². The molecule has 156 valence electrons. The Kier molecular flexibility index (Phi) is 5.64. The standard InChI is InChI=1S/C23H20N4O3S/c1-2-31(29,30)20-16-10-9-15-19(20)24-23(28)21-25-22(17-11-5-3-6-12-17)27(26-21)18-13-7-4-8-14-18/h3-16H,2H2,1H3,(H,24,28). The number of benzene rings is 3. The van der Waals surface area contributed by atoms with Crippen LogP contribution in [0.5, 0.6) is 0 Å². The van der Waals surface area contributed by atoms with E-state index in [0.717, 1.165) is 11.3 Å². The number of hydrogen-bond donors (Lipinski definition) is 1. The first-order valence-corrected chi connectivity index (χ1v) is 11.4. The third-order valence-corrected chi connectivity index (χ3v) is 6.48. The summed E-state index contributed by atoms with van der Waals surface area (Å²) in [5, 5.41) is 7.06. The Bertz CT molecular complexity index is 1260. The third kappa shape index (κ3) is 4.24. The lowest BCUT2D eigenvalue weighted by Gasteiger charge is -2.09. The minimum atomic E-state index is -3.51. The fraction of sp³-hybridized carbons (Fsp3) is 0.0870. The van der Waals surface area contributed by atoms with Crippen LogP contribution >= 0.6 is 0 Å².